The molecule has 3 aromatic rings. The predicted octanol–water partition coefficient (Wildman–Crippen LogP) is 5.06. The Labute approximate surface area is 238 Å². The van der Waals surface area contributed by atoms with Crippen molar-refractivity contribution in [1.29, 1.82) is 0 Å². The van der Waals surface area contributed by atoms with Gasteiger partial charge in [0.05, 0.1) is 22.0 Å². The van der Waals surface area contributed by atoms with Gasteiger partial charge >= 0.3 is 0 Å². The Kier molecular flexibility index (Phi) is 10.7. The predicted molar refractivity (Wildman–Crippen MR) is 153 cm³/mol. The van der Waals surface area contributed by atoms with E-state index in [9.17, 15) is 22.4 Å². The molecule has 11 heteroatoms. The minimum Gasteiger partial charge on any atom is -0.354 e. The summed E-state index contributed by atoms with van der Waals surface area (Å²) in [7, 11) is -4.02. The van der Waals surface area contributed by atoms with E-state index in [-0.39, 0.29) is 34.3 Å². The topological polar surface area (TPSA) is 86.8 Å². The Hall–Kier alpha value is -3.14. The number of nitrogens with zero attached hydrogens (tertiary/aromatic N) is 2. The van der Waals surface area contributed by atoms with E-state index < -0.39 is 40.2 Å². The van der Waals surface area contributed by atoms with Crippen LogP contribution < -0.4 is 9.62 Å². The standard InChI is InChI=1S/C28H30Cl2FN3O4S/c1-3-16-32-28(36)25(17-20-10-5-4-6-11-20)33(18-21-12-7-8-14-23(21)31)26(35)19-34(39(2,37)38)24-15-9-13-22(29)27(24)30/h4-15,25H,3,16-19H2,1-2H3,(H,32,36)/t25-/m0/s1. The zero-order valence-electron chi connectivity index (χ0n) is 21.6. The third-order valence-corrected chi connectivity index (χ3v) is 7.93. The lowest BCUT2D eigenvalue weighted by Crippen LogP contribution is -2.53. The van der Waals surface area contributed by atoms with Crippen molar-refractivity contribution in [3.63, 3.8) is 0 Å². The third kappa shape index (κ3) is 8.17. The monoisotopic (exact) mass is 593 g/mol. The molecule has 208 valence electrons. The van der Waals surface area contributed by atoms with Crippen molar-refractivity contribution in [2.75, 3.05) is 23.7 Å². The Morgan fingerprint density at radius 1 is 0.974 bits per heavy atom. The summed E-state index contributed by atoms with van der Waals surface area (Å²) in [6, 6.07) is 18.4. The summed E-state index contributed by atoms with van der Waals surface area (Å²) in [5, 5.41) is 2.89. The van der Waals surface area contributed by atoms with E-state index in [0.29, 0.717) is 13.0 Å². The van der Waals surface area contributed by atoms with E-state index in [1.54, 1.807) is 6.07 Å². The Bertz CT molecular complexity index is 1410. The van der Waals surface area contributed by atoms with Crippen LogP contribution in [0.1, 0.15) is 24.5 Å². The number of hydrogen-bond donors (Lipinski definition) is 1. The van der Waals surface area contributed by atoms with E-state index in [2.05, 4.69) is 5.32 Å². The second-order valence-corrected chi connectivity index (χ2v) is 11.6. The summed E-state index contributed by atoms with van der Waals surface area (Å²) in [5.74, 6) is -1.70. The number of carbonyl (C=O) groups is 2. The van der Waals surface area contributed by atoms with Crippen LogP contribution in [0, 0.1) is 5.82 Å². The maximum Gasteiger partial charge on any atom is 0.244 e. The molecule has 39 heavy (non-hydrogen) atoms. The van der Waals surface area contributed by atoms with Crippen molar-refractivity contribution >= 4 is 50.7 Å². The lowest BCUT2D eigenvalue weighted by molar-refractivity contribution is -0.140. The fourth-order valence-electron chi connectivity index (χ4n) is 4.01. The molecule has 0 aliphatic heterocycles. The maximum atomic E-state index is 14.7. The minimum atomic E-state index is -4.02. The van der Waals surface area contributed by atoms with Crippen LogP contribution in [-0.2, 0) is 32.6 Å². The van der Waals surface area contributed by atoms with Gasteiger partial charge in [-0.2, -0.15) is 0 Å². The van der Waals surface area contributed by atoms with E-state index in [1.807, 2.05) is 37.3 Å². The van der Waals surface area contributed by atoms with Gasteiger partial charge in [-0.15, -0.1) is 0 Å². The molecule has 0 spiro atoms. The first-order chi connectivity index (χ1) is 18.5. The summed E-state index contributed by atoms with van der Waals surface area (Å²) < 4.78 is 41.2. The van der Waals surface area contributed by atoms with Crippen LogP contribution in [0.25, 0.3) is 0 Å². The highest BCUT2D eigenvalue weighted by Gasteiger charge is 2.34. The van der Waals surface area contributed by atoms with Gasteiger partial charge in [0, 0.05) is 25.1 Å². The highest BCUT2D eigenvalue weighted by Crippen LogP contribution is 2.34. The maximum absolute atomic E-state index is 14.7. The fraction of sp³-hybridized carbons (Fsp3) is 0.286. The molecule has 0 fully saturated rings. The van der Waals surface area contributed by atoms with Crippen LogP contribution >= 0.6 is 23.2 Å². The van der Waals surface area contributed by atoms with Crippen LogP contribution in [-0.4, -0.2) is 50.5 Å². The van der Waals surface area contributed by atoms with Gasteiger partial charge in [-0.25, -0.2) is 12.8 Å². The summed E-state index contributed by atoms with van der Waals surface area (Å²) in [6.45, 7) is 1.33. The molecule has 0 aromatic heterocycles. The highest BCUT2D eigenvalue weighted by molar-refractivity contribution is 7.92. The number of hydrogen-bond acceptors (Lipinski definition) is 4. The van der Waals surface area contributed by atoms with Crippen molar-refractivity contribution in [3.05, 3.63) is 99.8 Å². The number of amides is 2. The van der Waals surface area contributed by atoms with Gasteiger partial charge in [0.25, 0.3) is 0 Å². The molecular formula is C28H30Cl2FN3O4S. The molecule has 3 aromatic carbocycles. The van der Waals surface area contributed by atoms with Crippen LogP contribution in [0.4, 0.5) is 10.1 Å². The molecule has 0 heterocycles. The molecule has 0 saturated heterocycles. The number of halogens is 3. The Morgan fingerprint density at radius 3 is 2.28 bits per heavy atom. The normalized spacial score (nSPS) is 12.0. The molecule has 0 aliphatic carbocycles. The van der Waals surface area contributed by atoms with Crippen LogP contribution in [0.2, 0.25) is 10.0 Å². The van der Waals surface area contributed by atoms with E-state index >= 15 is 0 Å². The molecule has 1 atom stereocenters. The largest absolute Gasteiger partial charge is 0.354 e. The smallest absolute Gasteiger partial charge is 0.244 e. The van der Waals surface area contributed by atoms with Crippen LogP contribution in [0.3, 0.4) is 0 Å². The zero-order chi connectivity index (χ0) is 28.6. The van der Waals surface area contributed by atoms with Gasteiger partial charge in [0.15, 0.2) is 0 Å². The molecule has 0 aliphatic rings. The average Bonchev–Trinajstić information content (AvgIpc) is 2.90. The molecular weight excluding hydrogens is 564 g/mol. The molecule has 0 radical (unpaired) electrons. The van der Waals surface area contributed by atoms with Gasteiger partial charge in [-0.05, 0) is 30.2 Å². The third-order valence-electron chi connectivity index (χ3n) is 6.00. The molecule has 1 N–H and O–H groups in total. The lowest BCUT2D eigenvalue weighted by atomic mass is 10.0. The summed E-state index contributed by atoms with van der Waals surface area (Å²) in [4.78, 5) is 28.6. The first-order valence-corrected chi connectivity index (χ1v) is 14.9. The molecule has 3 rings (SSSR count). The van der Waals surface area contributed by atoms with Gasteiger partial charge in [-0.3, -0.25) is 13.9 Å². The Balaban J connectivity index is 2.08. The number of nitrogens with one attached hydrogen (secondary N) is 1. The minimum absolute atomic E-state index is 0.0147. The van der Waals surface area contributed by atoms with Gasteiger partial charge in [0.1, 0.15) is 18.4 Å². The SMILES string of the molecule is CCCNC(=O)[C@H](Cc1ccccc1)N(Cc1ccccc1F)C(=O)CN(c1cccc(Cl)c1Cl)S(C)(=O)=O. The molecule has 0 saturated carbocycles. The molecule has 0 bridgehead atoms. The first-order valence-electron chi connectivity index (χ1n) is 12.3. The van der Waals surface area contributed by atoms with E-state index in [1.165, 1.54) is 41.3 Å². The summed E-state index contributed by atoms with van der Waals surface area (Å²) in [5.41, 5.74) is 0.970. The summed E-state index contributed by atoms with van der Waals surface area (Å²) in [6.07, 6.45) is 1.74. The van der Waals surface area contributed by atoms with Crippen molar-refractivity contribution in [3.8, 4) is 0 Å². The first kappa shape index (κ1) is 30.4. The molecule has 2 amide bonds. The number of rotatable bonds is 12. The number of carbonyl (C=O) groups excluding carboxylic acids is 2. The quantitative estimate of drug-likeness (QED) is 0.318. The average molecular weight is 595 g/mol. The van der Waals surface area contributed by atoms with Gasteiger partial charge in [0.2, 0.25) is 21.8 Å². The van der Waals surface area contributed by atoms with Crippen molar-refractivity contribution in [1.82, 2.24) is 10.2 Å². The summed E-state index contributed by atoms with van der Waals surface area (Å²) >= 11 is 12.4. The van der Waals surface area contributed by atoms with Crippen LogP contribution in [0.5, 0.6) is 0 Å². The number of benzene rings is 3. The van der Waals surface area contributed by atoms with Crippen molar-refractivity contribution in [2.45, 2.75) is 32.4 Å². The Morgan fingerprint density at radius 2 is 1.64 bits per heavy atom. The lowest BCUT2D eigenvalue weighted by Gasteiger charge is -2.33. The second kappa shape index (κ2) is 13.8. The number of sulfonamides is 1. The van der Waals surface area contributed by atoms with Gasteiger partial charge in [-0.1, -0.05) is 84.7 Å². The van der Waals surface area contributed by atoms with Gasteiger partial charge < -0.3 is 10.2 Å². The highest BCUT2D eigenvalue weighted by atomic mass is 35.5. The van der Waals surface area contributed by atoms with Crippen LogP contribution in [0.15, 0.2) is 72.8 Å². The number of anilines is 1. The van der Waals surface area contributed by atoms with Crippen molar-refractivity contribution < 1.29 is 22.4 Å². The fourth-order valence-corrected chi connectivity index (χ4v) is 5.31. The van der Waals surface area contributed by atoms with E-state index in [0.717, 1.165) is 16.1 Å². The van der Waals surface area contributed by atoms with E-state index in [4.69, 9.17) is 23.2 Å². The molecule has 0 unspecified atom stereocenters. The molecule has 7 nitrogen and oxygen atoms in total. The van der Waals surface area contributed by atoms with Crippen molar-refractivity contribution in [2.24, 2.45) is 0 Å². The second-order valence-electron chi connectivity index (χ2n) is 8.95. The zero-order valence-corrected chi connectivity index (χ0v) is 23.9.